The summed E-state index contributed by atoms with van der Waals surface area (Å²) in [5, 5.41) is 0. The molecule has 2 aromatic carbocycles. The summed E-state index contributed by atoms with van der Waals surface area (Å²) in [6.07, 6.45) is 2.47. The Morgan fingerprint density at radius 3 is 2.50 bits per heavy atom. The Balaban J connectivity index is 2.25. The summed E-state index contributed by atoms with van der Waals surface area (Å²) in [5.41, 5.74) is 5.21. The van der Waals surface area contributed by atoms with Crippen molar-refractivity contribution in [1.29, 1.82) is 0 Å². The van der Waals surface area contributed by atoms with Crippen molar-refractivity contribution < 1.29 is 9.53 Å². The first-order chi connectivity index (χ1) is 10.8. The first-order valence-electron chi connectivity index (χ1n) is 7.70. The molecule has 0 saturated heterocycles. The van der Waals surface area contributed by atoms with Crippen LogP contribution in [0.3, 0.4) is 0 Å². The zero-order chi connectivity index (χ0) is 15.4. The van der Waals surface area contributed by atoms with Crippen molar-refractivity contribution in [3.05, 3.63) is 71.3 Å². The van der Waals surface area contributed by atoms with E-state index in [9.17, 15) is 4.79 Å². The van der Waals surface area contributed by atoms with Gasteiger partial charge < -0.3 is 4.74 Å². The summed E-state index contributed by atoms with van der Waals surface area (Å²) in [4.78, 5) is 12.8. The van der Waals surface area contributed by atoms with Crippen molar-refractivity contribution in [2.75, 3.05) is 13.7 Å². The number of hydrogen-bond acceptors (Lipinski definition) is 2. The van der Waals surface area contributed by atoms with Crippen LogP contribution in [0, 0.1) is 0 Å². The van der Waals surface area contributed by atoms with Gasteiger partial charge in [0.2, 0.25) is 0 Å². The number of fused-ring (bicyclic) bond motifs is 1. The number of carbonyl (C=O) groups excluding carboxylic acids is 1. The molecule has 0 aliphatic heterocycles. The van der Waals surface area contributed by atoms with Crippen molar-refractivity contribution >= 4 is 16.9 Å². The quantitative estimate of drug-likeness (QED) is 0.627. The highest BCUT2D eigenvalue weighted by molar-refractivity contribution is 6.28. The smallest absolute Gasteiger partial charge is 0.163 e. The third-order valence-electron chi connectivity index (χ3n) is 4.13. The molecular weight excluding hydrogens is 272 g/mol. The van der Waals surface area contributed by atoms with E-state index in [1.807, 2.05) is 42.5 Å². The van der Waals surface area contributed by atoms with E-state index in [2.05, 4.69) is 12.1 Å². The molecule has 112 valence electrons. The minimum absolute atomic E-state index is 0.223. The molecule has 2 heteroatoms. The van der Waals surface area contributed by atoms with Gasteiger partial charge in [0.05, 0.1) is 6.61 Å². The monoisotopic (exact) mass is 292 g/mol. The maximum absolute atomic E-state index is 12.8. The number of Topliss-reactive ketones (excluding diaryl/α,β-unsaturated/α-hetero) is 1. The highest BCUT2D eigenvalue weighted by Gasteiger charge is 2.23. The minimum Gasteiger partial charge on any atom is -0.380 e. The molecule has 1 aliphatic rings. The third kappa shape index (κ3) is 2.88. The van der Waals surface area contributed by atoms with Gasteiger partial charge in [0.25, 0.3) is 0 Å². The van der Waals surface area contributed by atoms with Gasteiger partial charge in [0, 0.05) is 19.1 Å². The second-order valence-electron chi connectivity index (χ2n) is 5.59. The standard InChI is InChI=1S/C20H20O2/c1-22-14-18(16-8-3-2-4-9-16)20-17-12-6-5-10-15(17)11-7-13-19(20)21/h2-6,8-10,12H,7,11,13-14H2,1H3/b20-18-. The van der Waals surface area contributed by atoms with Gasteiger partial charge in [0.1, 0.15) is 0 Å². The number of ether oxygens (including phenoxy) is 1. The molecular formula is C20H20O2. The fourth-order valence-corrected chi connectivity index (χ4v) is 3.11. The van der Waals surface area contributed by atoms with Crippen molar-refractivity contribution in [3.8, 4) is 0 Å². The number of benzene rings is 2. The Bertz CT molecular complexity index is 699. The Kier molecular flexibility index (Phi) is 4.50. The average Bonchev–Trinajstić information content (AvgIpc) is 2.72. The Morgan fingerprint density at radius 2 is 1.73 bits per heavy atom. The number of hydrogen-bond donors (Lipinski definition) is 0. The molecule has 0 atom stereocenters. The molecule has 0 saturated carbocycles. The fraction of sp³-hybridized carbons (Fsp3) is 0.250. The lowest BCUT2D eigenvalue weighted by atomic mass is 9.90. The van der Waals surface area contributed by atoms with Gasteiger partial charge in [-0.2, -0.15) is 0 Å². The summed E-state index contributed by atoms with van der Waals surface area (Å²) >= 11 is 0. The maximum Gasteiger partial charge on any atom is 0.163 e. The molecule has 0 bridgehead atoms. The van der Waals surface area contributed by atoms with Crippen LogP contribution in [0.15, 0.2) is 54.6 Å². The zero-order valence-corrected chi connectivity index (χ0v) is 12.8. The first kappa shape index (κ1) is 14.7. The normalized spacial score (nSPS) is 16.9. The van der Waals surface area contributed by atoms with Gasteiger partial charge in [-0.1, -0.05) is 54.6 Å². The van der Waals surface area contributed by atoms with Gasteiger partial charge in [-0.05, 0) is 35.1 Å². The number of aryl methyl sites for hydroxylation is 1. The van der Waals surface area contributed by atoms with Gasteiger partial charge in [0.15, 0.2) is 5.78 Å². The second kappa shape index (κ2) is 6.71. The Hall–Kier alpha value is -2.19. The molecule has 2 nitrogen and oxygen atoms in total. The van der Waals surface area contributed by atoms with Crippen LogP contribution in [0.2, 0.25) is 0 Å². The van der Waals surface area contributed by atoms with Crippen molar-refractivity contribution in [2.24, 2.45) is 0 Å². The number of allylic oxidation sites excluding steroid dienone is 1. The van der Waals surface area contributed by atoms with Crippen LogP contribution in [-0.4, -0.2) is 19.5 Å². The van der Waals surface area contributed by atoms with E-state index in [1.54, 1.807) is 7.11 Å². The van der Waals surface area contributed by atoms with E-state index < -0.39 is 0 Å². The highest BCUT2D eigenvalue weighted by Crippen LogP contribution is 2.33. The molecule has 0 spiro atoms. The lowest BCUT2D eigenvalue weighted by molar-refractivity contribution is -0.113. The predicted molar refractivity (Wildman–Crippen MR) is 89.5 cm³/mol. The van der Waals surface area contributed by atoms with Crippen LogP contribution < -0.4 is 0 Å². The molecule has 0 amide bonds. The van der Waals surface area contributed by atoms with Crippen LogP contribution in [0.4, 0.5) is 0 Å². The summed E-state index contributed by atoms with van der Waals surface area (Å²) < 4.78 is 5.41. The largest absolute Gasteiger partial charge is 0.380 e. The summed E-state index contributed by atoms with van der Waals surface area (Å²) in [5.74, 6) is 0.223. The molecule has 3 rings (SSSR count). The zero-order valence-electron chi connectivity index (χ0n) is 12.8. The van der Waals surface area contributed by atoms with Crippen LogP contribution >= 0.6 is 0 Å². The summed E-state index contributed by atoms with van der Waals surface area (Å²) in [6, 6.07) is 18.3. The minimum atomic E-state index is 0.223. The van der Waals surface area contributed by atoms with Crippen molar-refractivity contribution in [1.82, 2.24) is 0 Å². The molecule has 0 N–H and O–H groups in total. The number of methoxy groups -OCH3 is 1. The van der Waals surface area contributed by atoms with Crippen LogP contribution in [0.1, 0.15) is 29.5 Å². The van der Waals surface area contributed by atoms with Crippen LogP contribution in [-0.2, 0) is 16.0 Å². The molecule has 1 aliphatic carbocycles. The molecule has 0 heterocycles. The molecule has 0 unspecified atom stereocenters. The van der Waals surface area contributed by atoms with Crippen LogP contribution in [0.5, 0.6) is 0 Å². The van der Waals surface area contributed by atoms with Gasteiger partial charge in [-0.25, -0.2) is 0 Å². The average molecular weight is 292 g/mol. The number of carbonyl (C=O) groups is 1. The predicted octanol–water partition coefficient (Wildman–Crippen LogP) is 4.15. The molecule has 0 radical (unpaired) electrons. The topological polar surface area (TPSA) is 26.3 Å². The Morgan fingerprint density at radius 1 is 1.00 bits per heavy atom. The lowest BCUT2D eigenvalue weighted by Gasteiger charge is -2.15. The van der Waals surface area contributed by atoms with E-state index in [0.717, 1.165) is 35.1 Å². The number of ketones is 1. The molecule has 0 fully saturated rings. The van der Waals surface area contributed by atoms with Gasteiger partial charge in [-0.15, -0.1) is 0 Å². The van der Waals surface area contributed by atoms with Gasteiger partial charge >= 0.3 is 0 Å². The highest BCUT2D eigenvalue weighted by atomic mass is 16.5. The number of rotatable bonds is 3. The van der Waals surface area contributed by atoms with E-state index in [4.69, 9.17) is 4.74 Å². The third-order valence-corrected chi connectivity index (χ3v) is 4.13. The van der Waals surface area contributed by atoms with E-state index >= 15 is 0 Å². The lowest BCUT2D eigenvalue weighted by Crippen LogP contribution is -2.07. The summed E-state index contributed by atoms with van der Waals surface area (Å²) in [7, 11) is 1.68. The van der Waals surface area contributed by atoms with Crippen LogP contribution in [0.25, 0.3) is 11.1 Å². The van der Waals surface area contributed by atoms with E-state index in [-0.39, 0.29) is 5.78 Å². The van der Waals surface area contributed by atoms with Gasteiger partial charge in [-0.3, -0.25) is 4.79 Å². The van der Waals surface area contributed by atoms with E-state index in [1.165, 1.54) is 5.56 Å². The van der Waals surface area contributed by atoms with E-state index in [0.29, 0.717) is 13.0 Å². The maximum atomic E-state index is 12.8. The molecule has 22 heavy (non-hydrogen) atoms. The Labute approximate surface area is 131 Å². The van der Waals surface area contributed by atoms with Crippen molar-refractivity contribution in [2.45, 2.75) is 19.3 Å². The molecule has 2 aromatic rings. The molecule has 0 aromatic heterocycles. The second-order valence-corrected chi connectivity index (χ2v) is 5.59. The SMILES string of the molecule is COC/C(=C1/C(=O)CCCc2ccccc21)c1ccccc1. The fourth-order valence-electron chi connectivity index (χ4n) is 3.11. The first-order valence-corrected chi connectivity index (χ1v) is 7.70. The van der Waals surface area contributed by atoms with Crippen molar-refractivity contribution in [3.63, 3.8) is 0 Å². The summed E-state index contributed by atoms with van der Waals surface area (Å²) in [6.45, 7) is 0.444.